The molecule has 3 unspecified atom stereocenters. The molecule has 2 N–H and O–H groups in total. The number of nitrogens with zero attached hydrogens (tertiary/aromatic N) is 1. The zero-order valence-electron chi connectivity index (χ0n) is 11.5. The minimum absolute atomic E-state index is 0.284. The molecule has 0 spiro atoms. The number of ether oxygens (including phenoxy) is 1. The van der Waals surface area contributed by atoms with E-state index in [2.05, 4.69) is 0 Å². The normalized spacial score (nSPS) is 29.5. The Hall–Kier alpha value is -1.66. The summed E-state index contributed by atoms with van der Waals surface area (Å²) >= 11 is 0. The molecule has 3 rings (SSSR count). The molecule has 3 atom stereocenters. The average Bonchev–Trinajstić information content (AvgIpc) is 2.48. The Morgan fingerprint density at radius 1 is 1.43 bits per heavy atom. The van der Waals surface area contributed by atoms with Gasteiger partial charge in [-0.2, -0.15) is 0 Å². The molecule has 1 aromatic rings. The van der Waals surface area contributed by atoms with Gasteiger partial charge in [-0.05, 0) is 37.6 Å². The number of benzene rings is 1. The van der Waals surface area contributed by atoms with E-state index in [0.717, 1.165) is 13.0 Å². The number of aliphatic carboxylic acids is 1. The molecule has 0 aliphatic carbocycles. The fourth-order valence-electron chi connectivity index (χ4n) is 3.17. The van der Waals surface area contributed by atoms with Gasteiger partial charge in [0, 0.05) is 12.1 Å². The van der Waals surface area contributed by atoms with Crippen LogP contribution in [0.5, 0.6) is 5.75 Å². The number of carboxylic acid groups (broad SMARTS) is 1. The quantitative estimate of drug-likeness (QED) is 0.863. The average molecular weight is 295 g/mol. The SMILES string of the molecule is O=C(O)C1CCCN(C2COc3ccc(F)cc3C2O)C1. The van der Waals surface area contributed by atoms with Crippen molar-refractivity contribution < 1.29 is 24.1 Å². The molecule has 6 heteroatoms. The Kier molecular flexibility index (Phi) is 3.82. The van der Waals surface area contributed by atoms with Gasteiger partial charge >= 0.3 is 5.97 Å². The van der Waals surface area contributed by atoms with Crippen LogP contribution in [0.15, 0.2) is 18.2 Å². The first-order chi connectivity index (χ1) is 10.1. The molecule has 1 saturated heterocycles. The lowest BCUT2D eigenvalue weighted by Gasteiger charge is -2.41. The molecule has 114 valence electrons. The van der Waals surface area contributed by atoms with Crippen LogP contribution < -0.4 is 4.74 Å². The Morgan fingerprint density at radius 3 is 3.00 bits per heavy atom. The molecule has 0 saturated carbocycles. The van der Waals surface area contributed by atoms with Crippen LogP contribution in [-0.2, 0) is 4.79 Å². The highest BCUT2D eigenvalue weighted by Gasteiger charge is 2.37. The maximum Gasteiger partial charge on any atom is 0.307 e. The molecule has 2 aliphatic rings. The van der Waals surface area contributed by atoms with Crippen LogP contribution in [0.2, 0.25) is 0 Å². The fraction of sp³-hybridized carbons (Fsp3) is 0.533. The van der Waals surface area contributed by atoms with Crippen LogP contribution in [0.3, 0.4) is 0 Å². The molecule has 5 nitrogen and oxygen atoms in total. The van der Waals surface area contributed by atoms with Gasteiger partial charge in [-0.25, -0.2) is 4.39 Å². The van der Waals surface area contributed by atoms with Gasteiger partial charge in [-0.15, -0.1) is 0 Å². The van der Waals surface area contributed by atoms with Crippen LogP contribution in [0.4, 0.5) is 4.39 Å². The first kappa shape index (κ1) is 14.3. The molecular formula is C15H18FNO4. The van der Waals surface area contributed by atoms with E-state index in [1.165, 1.54) is 18.2 Å². The second-order valence-electron chi connectivity index (χ2n) is 5.68. The molecule has 2 aliphatic heterocycles. The lowest BCUT2D eigenvalue weighted by molar-refractivity contribution is -0.144. The van der Waals surface area contributed by atoms with Gasteiger partial charge < -0.3 is 14.9 Å². The number of likely N-dealkylation sites (tertiary alicyclic amines) is 1. The van der Waals surface area contributed by atoms with Crippen LogP contribution in [-0.4, -0.2) is 46.8 Å². The maximum atomic E-state index is 13.3. The minimum Gasteiger partial charge on any atom is -0.491 e. The molecular weight excluding hydrogens is 277 g/mol. The lowest BCUT2D eigenvalue weighted by Crippen LogP contribution is -2.51. The van der Waals surface area contributed by atoms with E-state index in [0.29, 0.717) is 24.3 Å². The molecule has 0 aromatic heterocycles. The van der Waals surface area contributed by atoms with Gasteiger partial charge in [0.1, 0.15) is 24.3 Å². The summed E-state index contributed by atoms with van der Waals surface area (Å²) in [7, 11) is 0. The maximum absolute atomic E-state index is 13.3. The van der Waals surface area contributed by atoms with Crippen LogP contribution in [0.25, 0.3) is 0 Å². The molecule has 0 bridgehead atoms. The fourth-order valence-corrected chi connectivity index (χ4v) is 3.17. The van der Waals surface area contributed by atoms with E-state index in [9.17, 15) is 14.3 Å². The topological polar surface area (TPSA) is 70.0 Å². The summed E-state index contributed by atoms with van der Waals surface area (Å²) in [6.07, 6.45) is 0.564. The zero-order chi connectivity index (χ0) is 15.0. The van der Waals surface area contributed by atoms with E-state index in [1.54, 1.807) is 0 Å². The van der Waals surface area contributed by atoms with Crippen LogP contribution >= 0.6 is 0 Å². The summed E-state index contributed by atoms with van der Waals surface area (Å²) in [5, 5.41) is 19.6. The number of halogens is 1. The zero-order valence-corrected chi connectivity index (χ0v) is 11.5. The number of carboxylic acids is 1. The third-order valence-corrected chi connectivity index (χ3v) is 4.34. The van der Waals surface area contributed by atoms with Crippen molar-refractivity contribution in [2.45, 2.75) is 25.0 Å². The van der Waals surface area contributed by atoms with Crippen molar-refractivity contribution in [1.82, 2.24) is 4.90 Å². The highest BCUT2D eigenvalue weighted by Crippen LogP contribution is 2.36. The van der Waals surface area contributed by atoms with E-state index in [4.69, 9.17) is 9.84 Å². The number of fused-ring (bicyclic) bond motifs is 1. The van der Waals surface area contributed by atoms with Crippen molar-refractivity contribution in [2.75, 3.05) is 19.7 Å². The minimum atomic E-state index is -0.864. The van der Waals surface area contributed by atoms with Crippen molar-refractivity contribution in [3.63, 3.8) is 0 Å². The number of piperidine rings is 1. The van der Waals surface area contributed by atoms with E-state index in [1.807, 2.05) is 4.90 Å². The van der Waals surface area contributed by atoms with Crippen LogP contribution in [0.1, 0.15) is 24.5 Å². The first-order valence-corrected chi connectivity index (χ1v) is 7.13. The number of aliphatic hydroxyl groups excluding tert-OH is 1. The van der Waals surface area contributed by atoms with Crippen molar-refractivity contribution >= 4 is 5.97 Å². The van der Waals surface area contributed by atoms with Crippen LogP contribution in [0, 0.1) is 11.7 Å². The third kappa shape index (κ3) is 2.73. The predicted octanol–water partition coefficient (Wildman–Crippen LogP) is 1.42. The van der Waals surface area contributed by atoms with E-state index < -0.39 is 23.8 Å². The second kappa shape index (κ2) is 5.61. The van der Waals surface area contributed by atoms with E-state index in [-0.39, 0.29) is 12.6 Å². The summed E-state index contributed by atoms with van der Waals surface area (Å²) in [5.74, 6) is -1.15. The van der Waals surface area contributed by atoms with Gasteiger partial charge in [0.25, 0.3) is 0 Å². The Balaban J connectivity index is 1.79. The van der Waals surface area contributed by atoms with Crippen molar-refractivity contribution in [2.24, 2.45) is 5.92 Å². The van der Waals surface area contributed by atoms with E-state index >= 15 is 0 Å². The van der Waals surface area contributed by atoms with Crippen molar-refractivity contribution in [1.29, 1.82) is 0 Å². The van der Waals surface area contributed by atoms with Crippen molar-refractivity contribution in [3.05, 3.63) is 29.6 Å². The van der Waals surface area contributed by atoms with Crippen molar-refractivity contribution in [3.8, 4) is 5.75 Å². The molecule has 2 heterocycles. The number of aliphatic hydroxyl groups is 1. The number of hydrogen-bond acceptors (Lipinski definition) is 4. The molecule has 0 amide bonds. The summed E-state index contributed by atoms with van der Waals surface area (Å²) in [6.45, 7) is 1.40. The highest BCUT2D eigenvalue weighted by molar-refractivity contribution is 5.70. The number of hydrogen-bond donors (Lipinski definition) is 2. The lowest BCUT2D eigenvalue weighted by atomic mass is 9.92. The molecule has 1 fully saturated rings. The largest absolute Gasteiger partial charge is 0.491 e. The van der Waals surface area contributed by atoms with Gasteiger partial charge in [0.05, 0.1) is 12.0 Å². The van der Waals surface area contributed by atoms with Gasteiger partial charge in [-0.1, -0.05) is 0 Å². The molecule has 21 heavy (non-hydrogen) atoms. The summed E-state index contributed by atoms with van der Waals surface area (Å²) < 4.78 is 18.9. The summed E-state index contributed by atoms with van der Waals surface area (Å²) in [6, 6.07) is 3.76. The molecule has 0 radical (unpaired) electrons. The Labute approximate surface area is 121 Å². The standard InChI is InChI=1S/C15H18FNO4/c16-10-3-4-13-11(6-10)14(18)12(8-21-13)17-5-1-2-9(7-17)15(19)20/h3-4,6,9,12,14,18H,1-2,5,7-8H2,(H,19,20). The monoisotopic (exact) mass is 295 g/mol. The second-order valence-corrected chi connectivity index (χ2v) is 5.68. The third-order valence-electron chi connectivity index (χ3n) is 4.34. The van der Waals surface area contributed by atoms with Gasteiger partial charge in [-0.3, -0.25) is 9.69 Å². The molecule has 1 aromatic carbocycles. The van der Waals surface area contributed by atoms with Gasteiger partial charge in [0.2, 0.25) is 0 Å². The summed E-state index contributed by atoms with van der Waals surface area (Å²) in [5.41, 5.74) is 0.434. The predicted molar refractivity (Wildman–Crippen MR) is 72.6 cm³/mol. The first-order valence-electron chi connectivity index (χ1n) is 7.13. The Morgan fingerprint density at radius 2 is 2.24 bits per heavy atom. The summed E-state index contributed by atoms with van der Waals surface area (Å²) in [4.78, 5) is 13.1. The van der Waals surface area contributed by atoms with Gasteiger partial charge in [0.15, 0.2) is 0 Å². The Bertz CT molecular complexity index is 550. The number of carbonyl (C=O) groups is 1. The number of rotatable bonds is 2. The smallest absolute Gasteiger partial charge is 0.307 e. The highest BCUT2D eigenvalue weighted by atomic mass is 19.1.